The van der Waals surface area contributed by atoms with E-state index in [1.165, 1.54) is 36.5 Å². The number of hydrogen-bond donors (Lipinski definition) is 4. The zero-order valence-corrected chi connectivity index (χ0v) is 22.0. The molecule has 0 atom stereocenters. The topological polar surface area (TPSA) is 142 Å². The lowest BCUT2D eigenvalue weighted by Gasteiger charge is -2.38. The average Bonchev–Trinajstić information content (AvgIpc) is 2.81. The van der Waals surface area contributed by atoms with Crippen molar-refractivity contribution in [3.8, 4) is 0 Å². The fourth-order valence-corrected chi connectivity index (χ4v) is 3.59. The summed E-state index contributed by atoms with van der Waals surface area (Å²) < 4.78 is 32.0. The van der Waals surface area contributed by atoms with Gasteiger partial charge in [-0.1, -0.05) is 33.4 Å². The van der Waals surface area contributed by atoms with Gasteiger partial charge in [-0.2, -0.15) is 0 Å². The standard InChI is InChI=1S/C26H32F2N8O2/c1-7-31-18-12-32-24(36-13-26(27,28)14-36)35-21(18)22(30)33-17-10-16(9-8-15(17)2)23(37)34-20(29)11-19(38-6)25(3,4)5/h7-12,31H,1,13-14H2,2-6H3,(H2,30,33)(H2,29,34,37)/b19-11-. The van der Waals surface area contributed by atoms with E-state index in [-0.39, 0.29) is 34.3 Å². The normalized spacial score (nSPS) is 15.4. The van der Waals surface area contributed by atoms with Gasteiger partial charge in [0.05, 0.1) is 37.8 Å². The van der Waals surface area contributed by atoms with Crippen LogP contribution in [0.5, 0.6) is 0 Å². The van der Waals surface area contributed by atoms with Gasteiger partial charge in [0, 0.05) is 17.1 Å². The molecule has 1 aromatic heterocycles. The van der Waals surface area contributed by atoms with Gasteiger partial charge in [0.1, 0.15) is 17.3 Å². The number of amidine groups is 2. The molecule has 3 rings (SSSR count). The molecule has 2 aromatic rings. The largest absolute Gasteiger partial charge is 0.500 e. The van der Waals surface area contributed by atoms with Crippen molar-refractivity contribution < 1.29 is 18.3 Å². The highest BCUT2D eigenvalue weighted by Gasteiger charge is 2.45. The summed E-state index contributed by atoms with van der Waals surface area (Å²) in [7, 11) is 1.51. The summed E-state index contributed by atoms with van der Waals surface area (Å²) >= 11 is 0. The zero-order chi connectivity index (χ0) is 28.3. The van der Waals surface area contributed by atoms with Crippen molar-refractivity contribution in [2.75, 3.05) is 30.4 Å². The number of anilines is 2. The van der Waals surface area contributed by atoms with Crippen LogP contribution >= 0.6 is 0 Å². The number of aryl methyl sites for hydroxylation is 1. The number of rotatable bonds is 8. The fourth-order valence-electron chi connectivity index (χ4n) is 3.59. The van der Waals surface area contributed by atoms with Gasteiger partial charge in [0.25, 0.3) is 11.8 Å². The number of alkyl halides is 2. The molecule has 0 spiro atoms. The van der Waals surface area contributed by atoms with Crippen molar-refractivity contribution >= 4 is 34.9 Å². The van der Waals surface area contributed by atoms with Crippen LogP contribution in [-0.4, -0.2) is 53.7 Å². The molecule has 1 aliphatic rings. The van der Waals surface area contributed by atoms with E-state index < -0.39 is 24.9 Å². The molecule has 0 unspecified atom stereocenters. The highest BCUT2D eigenvalue weighted by molar-refractivity contribution is 6.09. The van der Waals surface area contributed by atoms with Gasteiger partial charge in [-0.3, -0.25) is 10.2 Å². The van der Waals surface area contributed by atoms with Crippen LogP contribution in [0, 0.1) is 17.7 Å². The number of aromatic nitrogens is 2. The van der Waals surface area contributed by atoms with Crippen LogP contribution in [-0.2, 0) is 4.74 Å². The molecule has 1 fully saturated rings. The molecule has 5 N–H and O–H groups in total. The van der Waals surface area contributed by atoms with Gasteiger partial charge in [-0.05, 0) is 30.8 Å². The lowest BCUT2D eigenvalue weighted by atomic mass is 9.93. The lowest BCUT2D eigenvalue weighted by molar-refractivity contribution is -0.0271. The smallest absolute Gasteiger partial charge is 0.282 e. The molecule has 2 heterocycles. The molecule has 1 amide bonds. The number of benzene rings is 1. The molecule has 202 valence electrons. The van der Waals surface area contributed by atoms with Crippen molar-refractivity contribution in [3.05, 3.63) is 65.8 Å². The van der Waals surface area contributed by atoms with E-state index in [4.69, 9.17) is 15.9 Å². The van der Waals surface area contributed by atoms with Crippen molar-refractivity contribution in [3.63, 3.8) is 0 Å². The summed E-state index contributed by atoms with van der Waals surface area (Å²) in [5, 5.41) is 13.5. The summed E-state index contributed by atoms with van der Waals surface area (Å²) in [4.78, 5) is 27.1. The van der Waals surface area contributed by atoms with Gasteiger partial charge in [0.2, 0.25) is 5.95 Å². The molecule has 0 aliphatic carbocycles. The molecule has 12 heteroatoms. The minimum absolute atomic E-state index is 0.0171. The first kappa shape index (κ1) is 28.2. The second-order valence-electron chi connectivity index (χ2n) is 9.82. The minimum Gasteiger partial charge on any atom is -0.500 e. The first-order valence-electron chi connectivity index (χ1n) is 11.7. The van der Waals surface area contributed by atoms with Gasteiger partial charge < -0.3 is 26.0 Å². The molecule has 0 saturated carbocycles. The summed E-state index contributed by atoms with van der Waals surface area (Å²) in [5.41, 5.74) is 7.90. The SMILES string of the molecule is C=CNc1cnc(N2CC(F)(F)C2)nc1C(N)=Nc1cc(C(=O)NC(=N)/C=C(\OC)C(C)(C)C)ccc1C. The van der Waals surface area contributed by atoms with Crippen LogP contribution in [0.2, 0.25) is 0 Å². The van der Waals surface area contributed by atoms with E-state index >= 15 is 0 Å². The number of amides is 1. The number of aliphatic imine (C=N–C) groups is 1. The van der Waals surface area contributed by atoms with Crippen molar-refractivity contribution in [2.24, 2.45) is 16.1 Å². The number of hydrogen-bond acceptors (Lipinski definition) is 8. The number of ether oxygens (including phenoxy) is 1. The third-order valence-corrected chi connectivity index (χ3v) is 5.60. The van der Waals surface area contributed by atoms with Gasteiger partial charge in [-0.15, -0.1) is 0 Å². The van der Waals surface area contributed by atoms with Crippen LogP contribution in [0.1, 0.15) is 42.4 Å². The average molecular weight is 527 g/mol. The van der Waals surface area contributed by atoms with E-state index in [0.717, 1.165) is 5.56 Å². The summed E-state index contributed by atoms with van der Waals surface area (Å²) in [5.74, 6) is -2.81. The maximum Gasteiger partial charge on any atom is 0.282 e. The Morgan fingerprint density at radius 3 is 2.61 bits per heavy atom. The highest BCUT2D eigenvalue weighted by Crippen LogP contribution is 2.31. The Labute approximate surface area is 220 Å². The number of methoxy groups -OCH3 is 1. The fraction of sp³-hybridized carbons (Fsp3) is 0.346. The van der Waals surface area contributed by atoms with E-state index in [0.29, 0.717) is 17.1 Å². The molecular weight excluding hydrogens is 494 g/mol. The van der Waals surface area contributed by atoms with Crippen molar-refractivity contribution in [1.29, 1.82) is 5.41 Å². The predicted octanol–water partition coefficient (Wildman–Crippen LogP) is 4.12. The van der Waals surface area contributed by atoms with Gasteiger partial charge in [-0.25, -0.2) is 23.7 Å². The Kier molecular flexibility index (Phi) is 8.13. The number of nitrogens with zero attached hydrogens (tertiary/aromatic N) is 4. The van der Waals surface area contributed by atoms with E-state index in [1.807, 2.05) is 20.8 Å². The minimum atomic E-state index is -2.79. The Balaban J connectivity index is 1.89. The highest BCUT2D eigenvalue weighted by atomic mass is 19.3. The second-order valence-corrected chi connectivity index (χ2v) is 9.82. The zero-order valence-electron chi connectivity index (χ0n) is 22.0. The molecule has 10 nitrogen and oxygen atoms in total. The maximum absolute atomic E-state index is 13.4. The summed E-state index contributed by atoms with van der Waals surface area (Å²) in [6.07, 6.45) is 4.28. The van der Waals surface area contributed by atoms with Gasteiger partial charge in [0.15, 0.2) is 5.84 Å². The molecule has 1 aromatic carbocycles. The van der Waals surface area contributed by atoms with E-state index in [1.54, 1.807) is 19.1 Å². The lowest BCUT2D eigenvalue weighted by Crippen LogP contribution is -2.57. The Morgan fingerprint density at radius 1 is 1.34 bits per heavy atom. The van der Waals surface area contributed by atoms with Crippen LogP contribution in [0.15, 0.2) is 54.0 Å². The van der Waals surface area contributed by atoms with E-state index in [2.05, 4.69) is 32.2 Å². The molecule has 0 bridgehead atoms. The Morgan fingerprint density at radius 2 is 2.03 bits per heavy atom. The number of carbonyl (C=O) groups is 1. The number of carbonyl (C=O) groups excluding carboxylic acids is 1. The quantitative estimate of drug-likeness (QED) is 0.230. The van der Waals surface area contributed by atoms with E-state index in [9.17, 15) is 13.6 Å². The molecule has 0 radical (unpaired) electrons. The molecule has 1 aliphatic heterocycles. The van der Waals surface area contributed by atoms with Crippen LogP contribution < -0.4 is 21.3 Å². The van der Waals surface area contributed by atoms with Crippen LogP contribution in [0.4, 0.5) is 26.1 Å². The molecule has 38 heavy (non-hydrogen) atoms. The Bertz CT molecular complexity index is 1310. The molecule has 1 saturated heterocycles. The summed E-state index contributed by atoms with van der Waals surface area (Å²) in [6, 6.07) is 4.84. The summed E-state index contributed by atoms with van der Waals surface area (Å²) in [6.45, 7) is 10.2. The van der Waals surface area contributed by atoms with Crippen LogP contribution in [0.25, 0.3) is 0 Å². The number of halogens is 2. The predicted molar refractivity (Wildman–Crippen MR) is 144 cm³/mol. The number of allylic oxidation sites excluding steroid dienone is 1. The Hall–Kier alpha value is -4.35. The first-order valence-corrected chi connectivity index (χ1v) is 11.7. The third kappa shape index (κ3) is 6.69. The molecular formula is C26H32F2N8O2. The van der Waals surface area contributed by atoms with Crippen molar-refractivity contribution in [1.82, 2.24) is 15.3 Å². The number of nitrogens with two attached hydrogens (primary N) is 1. The van der Waals surface area contributed by atoms with Crippen molar-refractivity contribution in [2.45, 2.75) is 33.6 Å². The third-order valence-electron chi connectivity index (χ3n) is 5.60. The number of nitrogens with one attached hydrogen (secondary N) is 3. The first-order chi connectivity index (χ1) is 17.7. The van der Waals surface area contributed by atoms with Crippen LogP contribution in [0.3, 0.4) is 0 Å². The maximum atomic E-state index is 13.4. The van der Waals surface area contributed by atoms with Gasteiger partial charge >= 0.3 is 0 Å². The second kappa shape index (κ2) is 11.0. The monoisotopic (exact) mass is 526 g/mol.